The smallest absolute Gasteiger partial charge is 0.317 e. The Bertz CT molecular complexity index is 664. The number of amides is 3. The zero-order valence-corrected chi connectivity index (χ0v) is 15.2. The number of carbonyl (C=O) groups excluding carboxylic acids is 2. The lowest BCUT2D eigenvalue weighted by molar-refractivity contribution is -0.141. The normalized spacial score (nSPS) is 21.1. The molecule has 0 spiro atoms. The predicted molar refractivity (Wildman–Crippen MR) is 93.3 cm³/mol. The molecule has 0 saturated carbocycles. The van der Waals surface area contributed by atoms with Gasteiger partial charge in [-0.05, 0) is 17.7 Å². The molecule has 1 heterocycles. The van der Waals surface area contributed by atoms with Gasteiger partial charge in [0, 0.05) is 32.1 Å². The maximum Gasteiger partial charge on any atom is 0.317 e. The van der Waals surface area contributed by atoms with Crippen LogP contribution in [0.1, 0.15) is 24.9 Å². The molecule has 0 aromatic heterocycles. The first-order valence-electron chi connectivity index (χ1n) is 7.96. The summed E-state index contributed by atoms with van der Waals surface area (Å²) in [6, 6.07) is 6.06. The molecule has 136 valence electrons. The highest BCUT2D eigenvalue weighted by atomic mass is 35.5. The maximum absolute atomic E-state index is 12.4. The summed E-state index contributed by atoms with van der Waals surface area (Å²) < 4.78 is 0. The van der Waals surface area contributed by atoms with E-state index in [1.165, 1.54) is 18.9 Å². The number of carbonyl (C=O) groups is 3. The quantitative estimate of drug-likeness (QED) is 0.832. The average molecular weight is 368 g/mol. The summed E-state index contributed by atoms with van der Waals surface area (Å²) in [5.41, 5.74) is 0.879. The number of benzene rings is 1. The largest absolute Gasteiger partial charge is 0.481 e. The third-order valence-corrected chi connectivity index (χ3v) is 4.67. The van der Waals surface area contributed by atoms with Crippen LogP contribution in [0, 0.1) is 5.92 Å². The van der Waals surface area contributed by atoms with Crippen molar-refractivity contribution in [1.29, 1.82) is 0 Å². The number of likely N-dealkylation sites (tertiary alicyclic amines) is 1. The summed E-state index contributed by atoms with van der Waals surface area (Å²) >= 11 is 5.91. The summed E-state index contributed by atoms with van der Waals surface area (Å²) in [6.07, 6.45) is 0.192. The average Bonchev–Trinajstić information content (AvgIpc) is 2.82. The SMILES string of the molecule is CC(CN(C)C(=O)NC1CC(=O)N(C)C1c1ccc(Cl)cc1)C(=O)O. The molecule has 1 aliphatic heterocycles. The number of aliphatic carboxylic acids is 1. The lowest BCUT2D eigenvalue weighted by atomic mass is 10.0. The summed E-state index contributed by atoms with van der Waals surface area (Å²) in [5, 5.41) is 12.4. The summed E-state index contributed by atoms with van der Waals surface area (Å²) in [7, 11) is 3.23. The van der Waals surface area contributed by atoms with Crippen LogP contribution in [0.5, 0.6) is 0 Å². The second kappa shape index (κ2) is 7.74. The van der Waals surface area contributed by atoms with Crippen LogP contribution in [0.4, 0.5) is 4.79 Å². The molecule has 0 radical (unpaired) electrons. The van der Waals surface area contributed by atoms with Crippen LogP contribution in [0.25, 0.3) is 0 Å². The summed E-state index contributed by atoms with van der Waals surface area (Å²) in [5.74, 6) is -1.70. The molecule has 25 heavy (non-hydrogen) atoms. The Morgan fingerprint density at radius 3 is 2.56 bits per heavy atom. The van der Waals surface area contributed by atoms with Gasteiger partial charge in [-0.1, -0.05) is 30.7 Å². The van der Waals surface area contributed by atoms with Crippen molar-refractivity contribution in [2.45, 2.75) is 25.4 Å². The predicted octanol–water partition coefficient (Wildman–Crippen LogP) is 1.97. The molecule has 1 saturated heterocycles. The minimum absolute atomic E-state index is 0.0631. The molecule has 1 aliphatic rings. The van der Waals surface area contributed by atoms with Crippen LogP contribution in [0.15, 0.2) is 24.3 Å². The van der Waals surface area contributed by atoms with Gasteiger partial charge >= 0.3 is 12.0 Å². The molecule has 1 aromatic rings. The number of nitrogens with one attached hydrogen (secondary N) is 1. The third kappa shape index (κ3) is 4.42. The minimum atomic E-state index is -0.963. The van der Waals surface area contributed by atoms with Crippen molar-refractivity contribution in [3.05, 3.63) is 34.9 Å². The van der Waals surface area contributed by atoms with Gasteiger partial charge in [-0.3, -0.25) is 9.59 Å². The van der Waals surface area contributed by atoms with Gasteiger partial charge in [-0.2, -0.15) is 0 Å². The van der Waals surface area contributed by atoms with Crippen molar-refractivity contribution in [3.63, 3.8) is 0 Å². The molecule has 1 fully saturated rings. The van der Waals surface area contributed by atoms with E-state index in [1.54, 1.807) is 24.1 Å². The van der Waals surface area contributed by atoms with E-state index in [2.05, 4.69) is 5.32 Å². The fourth-order valence-corrected chi connectivity index (χ4v) is 3.08. The van der Waals surface area contributed by atoms with E-state index in [0.717, 1.165) is 5.56 Å². The van der Waals surface area contributed by atoms with E-state index < -0.39 is 24.0 Å². The number of hydrogen-bond donors (Lipinski definition) is 2. The van der Waals surface area contributed by atoms with Crippen LogP contribution in [-0.2, 0) is 9.59 Å². The number of hydrogen-bond acceptors (Lipinski definition) is 3. The number of carboxylic acid groups (broad SMARTS) is 1. The number of halogens is 1. The molecule has 8 heteroatoms. The molecule has 3 amide bonds. The molecule has 2 rings (SSSR count). The molecule has 1 aromatic carbocycles. The van der Waals surface area contributed by atoms with Gasteiger partial charge in [0.15, 0.2) is 0 Å². The first kappa shape index (κ1) is 19.1. The molecule has 0 aliphatic carbocycles. The van der Waals surface area contributed by atoms with Gasteiger partial charge in [-0.25, -0.2) is 4.79 Å². The van der Waals surface area contributed by atoms with Gasteiger partial charge in [0.2, 0.25) is 5.91 Å². The highest BCUT2D eigenvalue weighted by Crippen LogP contribution is 2.32. The second-order valence-electron chi connectivity index (χ2n) is 6.38. The van der Waals surface area contributed by atoms with Crippen LogP contribution in [0.3, 0.4) is 0 Å². The molecule has 0 bridgehead atoms. The van der Waals surface area contributed by atoms with E-state index in [9.17, 15) is 14.4 Å². The Kier molecular flexibility index (Phi) is 5.89. The van der Waals surface area contributed by atoms with E-state index in [-0.39, 0.29) is 24.9 Å². The number of rotatable bonds is 5. The molecular weight excluding hydrogens is 346 g/mol. The van der Waals surface area contributed by atoms with Crippen LogP contribution in [0.2, 0.25) is 5.02 Å². The van der Waals surface area contributed by atoms with E-state index in [1.807, 2.05) is 12.1 Å². The van der Waals surface area contributed by atoms with E-state index >= 15 is 0 Å². The van der Waals surface area contributed by atoms with Crippen molar-refractivity contribution in [2.24, 2.45) is 5.92 Å². The van der Waals surface area contributed by atoms with Crippen molar-refractivity contribution < 1.29 is 19.5 Å². The van der Waals surface area contributed by atoms with Gasteiger partial charge < -0.3 is 20.2 Å². The Labute approximate surface area is 151 Å². The summed E-state index contributed by atoms with van der Waals surface area (Å²) in [4.78, 5) is 38.3. The van der Waals surface area contributed by atoms with Crippen LogP contribution in [-0.4, -0.2) is 59.5 Å². The second-order valence-corrected chi connectivity index (χ2v) is 6.82. The Morgan fingerprint density at radius 1 is 1.40 bits per heavy atom. The molecule has 2 N–H and O–H groups in total. The number of urea groups is 1. The molecular formula is C17H22ClN3O4. The molecule has 3 atom stereocenters. The molecule has 3 unspecified atom stereocenters. The monoisotopic (exact) mass is 367 g/mol. The fraction of sp³-hybridized carbons (Fsp3) is 0.471. The maximum atomic E-state index is 12.4. The highest BCUT2D eigenvalue weighted by molar-refractivity contribution is 6.30. The first-order valence-corrected chi connectivity index (χ1v) is 8.34. The van der Waals surface area contributed by atoms with Crippen molar-refractivity contribution in [1.82, 2.24) is 15.1 Å². The summed E-state index contributed by atoms with van der Waals surface area (Å²) in [6.45, 7) is 1.62. The van der Waals surface area contributed by atoms with Gasteiger partial charge in [0.05, 0.1) is 18.0 Å². The lowest BCUT2D eigenvalue weighted by Crippen LogP contribution is -2.46. The van der Waals surface area contributed by atoms with E-state index in [0.29, 0.717) is 5.02 Å². The zero-order chi connectivity index (χ0) is 18.7. The number of likely N-dealkylation sites (N-methyl/N-ethyl adjacent to an activating group) is 1. The van der Waals surface area contributed by atoms with Crippen LogP contribution < -0.4 is 5.32 Å². The van der Waals surface area contributed by atoms with E-state index in [4.69, 9.17) is 16.7 Å². The first-order chi connectivity index (χ1) is 11.7. The zero-order valence-electron chi connectivity index (χ0n) is 14.4. The standard InChI is InChI=1S/C17H22ClN3O4/c1-10(16(23)24)9-20(2)17(25)19-13-8-14(22)21(3)15(13)11-4-6-12(18)7-5-11/h4-7,10,13,15H,8-9H2,1-3H3,(H,19,25)(H,23,24). The van der Waals surface area contributed by atoms with Gasteiger partial charge in [-0.15, -0.1) is 0 Å². The van der Waals surface area contributed by atoms with Crippen molar-refractivity contribution in [3.8, 4) is 0 Å². The van der Waals surface area contributed by atoms with Gasteiger partial charge in [0.25, 0.3) is 0 Å². The Morgan fingerprint density at radius 2 is 2.00 bits per heavy atom. The highest BCUT2D eigenvalue weighted by Gasteiger charge is 2.39. The molecule has 7 nitrogen and oxygen atoms in total. The number of nitrogens with zero attached hydrogens (tertiary/aromatic N) is 2. The Balaban J connectivity index is 2.10. The van der Waals surface area contributed by atoms with Crippen molar-refractivity contribution in [2.75, 3.05) is 20.6 Å². The topological polar surface area (TPSA) is 90.0 Å². The minimum Gasteiger partial charge on any atom is -0.481 e. The van der Waals surface area contributed by atoms with Crippen LogP contribution >= 0.6 is 11.6 Å². The van der Waals surface area contributed by atoms with Crippen molar-refractivity contribution >= 4 is 29.5 Å². The fourth-order valence-electron chi connectivity index (χ4n) is 2.96. The Hall–Kier alpha value is -2.28. The third-order valence-electron chi connectivity index (χ3n) is 4.42. The number of carboxylic acids is 1. The lowest BCUT2D eigenvalue weighted by Gasteiger charge is -2.28. The van der Waals surface area contributed by atoms with Gasteiger partial charge in [0.1, 0.15) is 0 Å².